The van der Waals surface area contributed by atoms with E-state index in [4.69, 9.17) is 4.74 Å². The smallest absolute Gasteiger partial charge is 0.141 e. The van der Waals surface area contributed by atoms with E-state index in [-0.39, 0.29) is 0 Å². The van der Waals surface area contributed by atoms with E-state index in [2.05, 4.69) is 16.0 Å². The summed E-state index contributed by atoms with van der Waals surface area (Å²) in [5, 5.41) is 9.91. The molecule has 0 radical (unpaired) electrons. The van der Waals surface area contributed by atoms with Gasteiger partial charge in [0.2, 0.25) is 0 Å². The number of hydrogen-bond donors (Lipinski definition) is 3. The highest BCUT2D eigenvalue weighted by Gasteiger charge is 2.01. The van der Waals surface area contributed by atoms with Gasteiger partial charge in [-0.1, -0.05) is 30.3 Å². The molecular weight excluding hydrogens is 262 g/mol. The van der Waals surface area contributed by atoms with Crippen LogP contribution in [-0.4, -0.2) is 13.8 Å². The van der Waals surface area contributed by atoms with Gasteiger partial charge in [0.05, 0.1) is 30.8 Å². The van der Waals surface area contributed by atoms with Crippen LogP contribution < -0.4 is 20.7 Å². The maximum absolute atomic E-state index is 5.31. The van der Waals surface area contributed by atoms with Crippen LogP contribution in [0.5, 0.6) is 5.75 Å². The molecule has 3 N–H and O–H groups in total. The lowest BCUT2D eigenvalue weighted by molar-refractivity contribution is 0.416. The number of nitrogens with one attached hydrogen (secondary N) is 3. The summed E-state index contributed by atoms with van der Waals surface area (Å²) in [6, 6.07) is 15.9. The lowest BCUT2D eigenvalue weighted by atomic mass is 10.2. The van der Waals surface area contributed by atoms with Crippen LogP contribution >= 0.6 is 0 Å². The van der Waals surface area contributed by atoms with Gasteiger partial charge in [-0.2, -0.15) is 0 Å². The van der Waals surface area contributed by atoms with Crippen LogP contribution in [0.1, 0.15) is 6.92 Å². The summed E-state index contributed by atoms with van der Waals surface area (Å²) in [5.41, 5.74) is 3.04. The van der Waals surface area contributed by atoms with E-state index in [1.54, 1.807) is 7.11 Å². The molecule has 0 saturated heterocycles. The Morgan fingerprint density at radius 1 is 0.905 bits per heavy atom. The number of benzene rings is 2. The average molecular weight is 283 g/mol. The van der Waals surface area contributed by atoms with Gasteiger partial charge >= 0.3 is 0 Å². The predicted molar refractivity (Wildman–Crippen MR) is 90.0 cm³/mol. The minimum absolute atomic E-state index is 0.606. The standard InChI is InChI=1S/C17H21N3O/c1-3-12-18-14-8-4-5-9-15(14)19-13-20-16-10-6-7-11-17(16)21-2/h3-12,18-20H,13H2,1-2H3/b12-3-. The second-order valence-corrected chi connectivity index (χ2v) is 4.42. The van der Waals surface area contributed by atoms with Gasteiger partial charge in [-0.3, -0.25) is 0 Å². The summed E-state index contributed by atoms with van der Waals surface area (Å²) < 4.78 is 5.31. The molecule has 2 aromatic carbocycles. The summed E-state index contributed by atoms with van der Waals surface area (Å²) in [6.45, 7) is 2.58. The molecule has 4 heteroatoms. The molecule has 21 heavy (non-hydrogen) atoms. The predicted octanol–water partition coefficient (Wildman–Crippen LogP) is 4.12. The molecule has 0 unspecified atom stereocenters. The molecular formula is C17H21N3O. The maximum Gasteiger partial charge on any atom is 0.141 e. The minimum atomic E-state index is 0.606. The average Bonchev–Trinajstić information content (AvgIpc) is 2.54. The lowest BCUT2D eigenvalue weighted by Gasteiger charge is -2.14. The van der Waals surface area contributed by atoms with Gasteiger partial charge in [0.25, 0.3) is 0 Å². The maximum atomic E-state index is 5.31. The highest BCUT2D eigenvalue weighted by molar-refractivity contribution is 5.70. The SMILES string of the molecule is C/C=C\Nc1ccccc1NCNc1ccccc1OC. The number of para-hydroxylation sites is 4. The van der Waals surface area contributed by atoms with Crippen molar-refractivity contribution in [1.82, 2.24) is 0 Å². The molecule has 0 saturated carbocycles. The molecule has 0 fully saturated rings. The fraction of sp³-hybridized carbons (Fsp3) is 0.176. The topological polar surface area (TPSA) is 45.3 Å². The largest absolute Gasteiger partial charge is 0.495 e. The first kappa shape index (κ1) is 14.8. The summed E-state index contributed by atoms with van der Waals surface area (Å²) >= 11 is 0. The molecule has 0 aliphatic heterocycles. The van der Waals surface area contributed by atoms with Crippen LogP contribution in [0.2, 0.25) is 0 Å². The second-order valence-electron chi connectivity index (χ2n) is 4.42. The first-order valence-corrected chi connectivity index (χ1v) is 6.92. The van der Waals surface area contributed by atoms with Crippen molar-refractivity contribution in [3.8, 4) is 5.75 Å². The molecule has 4 nitrogen and oxygen atoms in total. The first-order chi connectivity index (χ1) is 10.3. The molecule has 0 spiro atoms. The van der Waals surface area contributed by atoms with Gasteiger partial charge in [-0.15, -0.1) is 0 Å². The number of methoxy groups -OCH3 is 1. The van der Waals surface area contributed by atoms with E-state index in [0.29, 0.717) is 6.67 Å². The Morgan fingerprint density at radius 2 is 1.52 bits per heavy atom. The number of rotatable bonds is 7. The number of ether oxygens (including phenoxy) is 1. The quantitative estimate of drug-likeness (QED) is 0.669. The third kappa shape index (κ3) is 4.18. The number of anilines is 3. The molecule has 0 aliphatic carbocycles. The Labute approximate surface area is 125 Å². The zero-order valence-corrected chi connectivity index (χ0v) is 12.4. The van der Waals surface area contributed by atoms with Crippen LogP contribution in [0.15, 0.2) is 60.8 Å². The Bertz CT molecular complexity index is 596. The van der Waals surface area contributed by atoms with Crippen LogP contribution in [0.3, 0.4) is 0 Å². The fourth-order valence-corrected chi connectivity index (χ4v) is 1.96. The minimum Gasteiger partial charge on any atom is -0.495 e. The molecule has 2 aromatic rings. The normalized spacial score (nSPS) is 10.4. The third-order valence-electron chi connectivity index (χ3n) is 3.00. The van der Waals surface area contributed by atoms with Crippen LogP contribution in [0.25, 0.3) is 0 Å². The Kier molecular flexibility index (Phi) is 5.52. The van der Waals surface area contributed by atoms with Crippen molar-refractivity contribution in [1.29, 1.82) is 0 Å². The second kappa shape index (κ2) is 7.85. The fourth-order valence-electron chi connectivity index (χ4n) is 1.96. The van der Waals surface area contributed by atoms with Crippen molar-refractivity contribution in [2.75, 3.05) is 29.7 Å². The molecule has 0 aromatic heterocycles. The van der Waals surface area contributed by atoms with E-state index >= 15 is 0 Å². The van der Waals surface area contributed by atoms with Crippen molar-refractivity contribution in [2.24, 2.45) is 0 Å². The zero-order valence-electron chi connectivity index (χ0n) is 12.4. The van der Waals surface area contributed by atoms with Crippen molar-refractivity contribution in [2.45, 2.75) is 6.92 Å². The first-order valence-electron chi connectivity index (χ1n) is 6.92. The lowest BCUT2D eigenvalue weighted by Crippen LogP contribution is -2.13. The van der Waals surface area contributed by atoms with Crippen LogP contribution in [-0.2, 0) is 0 Å². The third-order valence-corrected chi connectivity index (χ3v) is 3.00. The van der Waals surface area contributed by atoms with Gasteiger partial charge in [-0.05, 0) is 37.4 Å². The summed E-state index contributed by atoms with van der Waals surface area (Å²) in [5.74, 6) is 0.833. The molecule has 0 amide bonds. The molecule has 0 atom stereocenters. The molecule has 2 rings (SSSR count). The molecule has 0 heterocycles. The highest BCUT2D eigenvalue weighted by Crippen LogP contribution is 2.24. The van der Waals surface area contributed by atoms with Crippen LogP contribution in [0, 0.1) is 0 Å². The van der Waals surface area contributed by atoms with Crippen LogP contribution in [0.4, 0.5) is 17.1 Å². The van der Waals surface area contributed by atoms with E-state index in [9.17, 15) is 0 Å². The monoisotopic (exact) mass is 283 g/mol. The number of hydrogen-bond acceptors (Lipinski definition) is 4. The van der Waals surface area contributed by atoms with Gasteiger partial charge in [0, 0.05) is 0 Å². The molecule has 0 bridgehead atoms. The van der Waals surface area contributed by atoms with Crippen molar-refractivity contribution >= 4 is 17.1 Å². The van der Waals surface area contributed by atoms with Crippen molar-refractivity contribution in [3.63, 3.8) is 0 Å². The van der Waals surface area contributed by atoms with Crippen molar-refractivity contribution < 1.29 is 4.74 Å². The van der Waals surface area contributed by atoms with E-state index in [1.807, 2.05) is 67.7 Å². The Hall–Kier alpha value is -2.62. The summed E-state index contributed by atoms with van der Waals surface area (Å²) in [7, 11) is 1.67. The van der Waals surface area contributed by atoms with Gasteiger partial charge in [0.15, 0.2) is 0 Å². The van der Waals surface area contributed by atoms with E-state index in [0.717, 1.165) is 22.8 Å². The number of allylic oxidation sites excluding steroid dienone is 1. The van der Waals surface area contributed by atoms with Gasteiger partial charge in [0.1, 0.15) is 5.75 Å². The highest BCUT2D eigenvalue weighted by atomic mass is 16.5. The van der Waals surface area contributed by atoms with Gasteiger partial charge < -0.3 is 20.7 Å². The van der Waals surface area contributed by atoms with Crippen molar-refractivity contribution in [3.05, 3.63) is 60.8 Å². The van der Waals surface area contributed by atoms with E-state index < -0.39 is 0 Å². The Morgan fingerprint density at radius 3 is 2.24 bits per heavy atom. The molecule has 0 aliphatic rings. The van der Waals surface area contributed by atoms with E-state index in [1.165, 1.54) is 0 Å². The van der Waals surface area contributed by atoms with Gasteiger partial charge in [-0.25, -0.2) is 0 Å². The summed E-state index contributed by atoms with van der Waals surface area (Å²) in [6.07, 6.45) is 3.87. The molecule has 110 valence electrons. The Balaban J connectivity index is 1.97. The zero-order chi connectivity index (χ0) is 14.9. The summed E-state index contributed by atoms with van der Waals surface area (Å²) in [4.78, 5) is 0.